The zero-order valence-corrected chi connectivity index (χ0v) is 19.0. The van der Waals surface area contributed by atoms with Crippen molar-refractivity contribution in [1.82, 2.24) is 15.0 Å². The van der Waals surface area contributed by atoms with Gasteiger partial charge in [-0.2, -0.15) is 4.98 Å². The van der Waals surface area contributed by atoms with Crippen LogP contribution in [0, 0.1) is 5.92 Å². The van der Waals surface area contributed by atoms with E-state index in [1.807, 2.05) is 51.1 Å². The predicted molar refractivity (Wildman–Crippen MR) is 122 cm³/mol. The van der Waals surface area contributed by atoms with E-state index in [9.17, 15) is 4.79 Å². The number of anilines is 1. The van der Waals surface area contributed by atoms with Crippen LogP contribution in [-0.2, 0) is 4.74 Å². The molecule has 0 aliphatic rings. The maximum absolute atomic E-state index is 12.9. The summed E-state index contributed by atoms with van der Waals surface area (Å²) in [5.74, 6) is 1.10. The van der Waals surface area contributed by atoms with Crippen LogP contribution in [0.3, 0.4) is 0 Å². The van der Waals surface area contributed by atoms with Gasteiger partial charge in [0.1, 0.15) is 5.60 Å². The zero-order chi connectivity index (χ0) is 22.6. The number of carbonyl (C=O) groups is 1. The number of ether oxygens (including phenoxy) is 2. The Bertz CT molecular complexity index is 1050. The van der Waals surface area contributed by atoms with E-state index in [-0.39, 0.29) is 5.95 Å². The molecule has 31 heavy (non-hydrogen) atoms. The van der Waals surface area contributed by atoms with E-state index >= 15 is 0 Å². The molecule has 164 valence electrons. The van der Waals surface area contributed by atoms with Gasteiger partial charge in [-0.15, -0.1) is 0 Å². The highest BCUT2D eigenvalue weighted by Gasteiger charge is 2.26. The second kappa shape index (κ2) is 9.29. The number of fused-ring (bicyclic) bond motifs is 1. The summed E-state index contributed by atoms with van der Waals surface area (Å²) in [6, 6.07) is 9.77. The van der Waals surface area contributed by atoms with Gasteiger partial charge >= 0.3 is 6.09 Å². The molecule has 1 amide bonds. The maximum Gasteiger partial charge on any atom is 0.417 e. The average Bonchev–Trinajstić information content (AvgIpc) is 2.72. The van der Waals surface area contributed by atoms with E-state index in [0.29, 0.717) is 23.9 Å². The summed E-state index contributed by atoms with van der Waals surface area (Å²) in [6.07, 6.45) is 3.83. The number of rotatable bonds is 6. The Morgan fingerprint density at radius 3 is 2.39 bits per heavy atom. The highest BCUT2D eigenvalue weighted by molar-refractivity contribution is 5.92. The first-order valence-corrected chi connectivity index (χ1v) is 10.4. The summed E-state index contributed by atoms with van der Waals surface area (Å²) in [7, 11) is 1.57. The van der Waals surface area contributed by atoms with Gasteiger partial charge < -0.3 is 9.47 Å². The van der Waals surface area contributed by atoms with Crippen LogP contribution in [0.25, 0.3) is 22.0 Å². The number of hydrogen-bond donors (Lipinski definition) is 0. The third-order valence-corrected chi connectivity index (χ3v) is 4.64. The van der Waals surface area contributed by atoms with Crippen LogP contribution >= 0.6 is 0 Å². The van der Waals surface area contributed by atoms with E-state index in [4.69, 9.17) is 9.47 Å². The molecule has 7 nitrogen and oxygen atoms in total. The second-order valence-electron chi connectivity index (χ2n) is 8.82. The Hall–Kier alpha value is -3.22. The minimum absolute atomic E-state index is 0.274. The van der Waals surface area contributed by atoms with Gasteiger partial charge in [-0.25, -0.2) is 14.7 Å². The van der Waals surface area contributed by atoms with Crippen LogP contribution in [-0.4, -0.2) is 40.3 Å². The lowest BCUT2D eigenvalue weighted by atomic mass is 10.1. The van der Waals surface area contributed by atoms with Gasteiger partial charge in [0.2, 0.25) is 11.8 Å². The van der Waals surface area contributed by atoms with Crippen molar-refractivity contribution in [2.45, 2.75) is 46.6 Å². The van der Waals surface area contributed by atoms with Crippen molar-refractivity contribution < 1.29 is 14.3 Å². The molecule has 7 heteroatoms. The van der Waals surface area contributed by atoms with Crippen molar-refractivity contribution in [3.8, 4) is 17.0 Å². The largest absolute Gasteiger partial charge is 0.480 e. The number of carbonyl (C=O) groups excluding carboxylic acids is 1. The summed E-state index contributed by atoms with van der Waals surface area (Å²) in [6.45, 7) is 10.2. The Balaban J connectivity index is 2.05. The van der Waals surface area contributed by atoms with Crippen LogP contribution in [0.5, 0.6) is 5.88 Å². The smallest absolute Gasteiger partial charge is 0.417 e. The topological polar surface area (TPSA) is 77.4 Å². The van der Waals surface area contributed by atoms with Gasteiger partial charge in [0.15, 0.2) is 0 Å². The first kappa shape index (κ1) is 22.5. The molecule has 3 aromatic rings. The quantitative estimate of drug-likeness (QED) is 0.523. The lowest BCUT2D eigenvalue weighted by molar-refractivity contribution is 0.0576. The second-order valence-corrected chi connectivity index (χ2v) is 8.82. The molecule has 0 aliphatic heterocycles. The standard InChI is InChI=1S/C24H30N4O3/c1-16(2)11-14-28(23(29)31-24(3,4)5)22-26-20-8-7-18(17-9-12-25-13-10-17)15-19(20)21(27-22)30-6/h7-10,12-13,15-16H,11,14H2,1-6H3. The summed E-state index contributed by atoms with van der Waals surface area (Å²) < 4.78 is 11.2. The lowest BCUT2D eigenvalue weighted by Gasteiger charge is -2.27. The molecule has 2 heterocycles. The molecule has 0 N–H and O–H groups in total. The number of benzene rings is 1. The Morgan fingerprint density at radius 1 is 1.06 bits per heavy atom. The van der Waals surface area contributed by atoms with Crippen LogP contribution in [0.1, 0.15) is 41.0 Å². The fourth-order valence-electron chi connectivity index (χ4n) is 3.07. The average molecular weight is 423 g/mol. The molecule has 1 aromatic carbocycles. The van der Waals surface area contributed by atoms with Crippen LogP contribution in [0.15, 0.2) is 42.7 Å². The number of methoxy groups -OCH3 is 1. The minimum Gasteiger partial charge on any atom is -0.480 e. The van der Waals surface area contributed by atoms with Crippen molar-refractivity contribution >= 4 is 22.9 Å². The molecule has 0 radical (unpaired) electrons. The lowest BCUT2D eigenvalue weighted by Crippen LogP contribution is -2.39. The molecule has 0 saturated heterocycles. The van der Waals surface area contributed by atoms with Crippen molar-refractivity contribution in [2.75, 3.05) is 18.6 Å². The summed E-state index contributed by atoms with van der Waals surface area (Å²) in [4.78, 5) is 27.7. The SMILES string of the molecule is COc1nc(N(CCC(C)C)C(=O)OC(C)(C)C)nc2ccc(-c3ccncc3)cc12. The molecule has 0 aliphatic carbocycles. The number of nitrogens with zero attached hydrogens (tertiary/aromatic N) is 4. The fraction of sp³-hybridized carbons (Fsp3) is 0.417. The molecule has 3 rings (SSSR count). The van der Waals surface area contributed by atoms with E-state index in [1.165, 1.54) is 4.90 Å². The Labute approximate surface area is 183 Å². The molecule has 0 bridgehead atoms. The van der Waals surface area contributed by atoms with Crippen LogP contribution in [0.4, 0.5) is 10.7 Å². The third-order valence-electron chi connectivity index (χ3n) is 4.64. The van der Waals surface area contributed by atoms with Gasteiger partial charge in [-0.1, -0.05) is 19.9 Å². The van der Waals surface area contributed by atoms with Crippen LogP contribution in [0.2, 0.25) is 0 Å². The number of amides is 1. The Kier molecular flexibility index (Phi) is 6.73. The van der Waals surface area contributed by atoms with E-state index in [1.54, 1.807) is 19.5 Å². The number of aromatic nitrogens is 3. The summed E-state index contributed by atoms with van der Waals surface area (Å²) >= 11 is 0. The van der Waals surface area contributed by atoms with E-state index in [0.717, 1.165) is 22.9 Å². The third kappa shape index (κ3) is 5.69. The van der Waals surface area contributed by atoms with Gasteiger partial charge in [0, 0.05) is 18.9 Å². The summed E-state index contributed by atoms with van der Waals surface area (Å²) in [5.41, 5.74) is 2.12. The van der Waals surface area contributed by atoms with Crippen molar-refractivity contribution in [3.63, 3.8) is 0 Å². The molecular weight excluding hydrogens is 392 g/mol. The Morgan fingerprint density at radius 2 is 1.77 bits per heavy atom. The van der Waals surface area contributed by atoms with Gasteiger partial charge in [-0.05, 0) is 68.5 Å². The molecule has 0 unspecified atom stereocenters. The molecule has 0 spiro atoms. The van der Waals surface area contributed by atoms with Gasteiger partial charge in [0.05, 0.1) is 18.0 Å². The first-order valence-electron chi connectivity index (χ1n) is 10.4. The first-order chi connectivity index (χ1) is 14.7. The van der Waals surface area contributed by atoms with E-state index < -0.39 is 11.7 Å². The van der Waals surface area contributed by atoms with Gasteiger partial charge in [-0.3, -0.25) is 4.98 Å². The molecule has 2 aromatic heterocycles. The monoisotopic (exact) mass is 422 g/mol. The highest BCUT2D eigenvalue weighted by atomic mass is 16.6. The molecule has 0 atom stereocenters. The molecular formula is C24H30N4O3. The number of hydrogen-bond acceptors (Lipinski definition) is 6. The minimum atomic E-state index is -0.618. The van der Waals surface area contributed by atoms with Crippen molar-refractivity contribution in [1.29, 1.82) is 0 Å². The fourth-order valence-corrected chi connectivity index (χ4v) is 3.07. The highest BCUT2D eigenvalue weighted by Crippen LogP contribution is 2.30. The van der Waals surface area contributed by atoms with Crippen molar-refractivity contribution in [3.05, 3.63) is 42.7 Å². The maximum atomic E-state index is 12.9. The molecule has 0 fully saturated rings. The molecule has 0 saturated carbocycles. The van der Waals surface area contributed by atoms with Crippen LogP contribution < -0.4 is 9.64 Å². The van der Waals surface area contributed by atoms with Crippen molar-refractivity contribution in [2.24, 2.45) is 5.92 Å². The zero-order valence-electron chi connectivity index (χ0n) is 19.0. The van der Waals surface area contributed by atoms with E-state index in [2.05, 4.69) is 28.8 Å². The predicted octanol–water partition coefficient (Wildman–Crippen LogP) is 5.49. The number of pyridine rings is 1. The normalized spacial score (nSPS) is 11.6. The van der Waals surface area contributed by atoms with Gasteiger partial charge in [0.25, 0.3) is 0 Å². The summed E-state index contributed by atoms with van der Waals surface area (Å²) in [5, 5.41) is 0.772.